The van der Waals surface area contributed by atoms with E-state index >= 15 is 0 Å². The van der Waals surface area contributed by atoms with E-state index in [4.69, 9.17) is 0 Å². The number of unbranched alkanes of at least 4 members (excludes halogenated alkanes) is 2. The van der Waals surface area contributed by atoms with Crippen LogP contribution in [0.4, 0.5) is 0 Å². The summed E-state index contributed by atoms with van der Waals surface area (Å²) in [6.07, 6.45) is 3.88. The molecule has 0 bridgehead atoms. The molecule has 0 saturated carbocycles. The fraction of sp³-hybridized carbons (Fsp3) is 0.833. The van der Waals surface area contributed by atoms with Crippen molar-refractivity contribution in [2.45, 2.75) is 32.6 Å². The molecule has 0 aliphatic rings. The molecule has 0 N–H and O–H groups in total. The van der Waals surface area contributed by atoms with Crippen LogP contribution in [0.15, 0.2) is 0 Å². The van der Waals surface area contributed by atoms with Crippen molar-refractivity contribution in [1.29, 1.82) is 0 Å². The molecule has 0 unspecified atom stereocenters. The maximum absolute atomic E-state index is 10.5. The van der Waals surface area contributed by atoms with E-state index in [1.54, 1.807) is 0 Å². The molecule has 2 nitrogen and oxygen atoms in total. The summed E-state index contributed by atoms with van der Waals surface area (Å²) >= 11 is 0.598. The fourth-order valence-electron chi connectivity index (χ4n) is 0.578. The first kappa shape index (κ1) is 9.27. The first-order valence-corrected chi connectivity index (χ1v) is 4.55. The van der Waals surface area contributed by atoms with Gasteiger partial charge >= 0.3 is 69.4 Å². The van der Waals surface area contributed by atoms with Gasteiger partial charge in [-0.3, -0.25) is 0 Å². The van der Waals surface area contributed by atoms with Crippen LogP contribution in [0.3, 0.4) is 0 Å². The average Bonchev–Trinajstić information content (AvgIpc) is 1.89. The Kier molecular flexibility index (Phi) is 6.58. The quantitative estimate of drug-likeness (QED) is 0.535. The monoisotopic (exact) mass is 236 g/mol. The predicted octanol–water partition coefficient (Wildman–Crippen LogP) is 0.926. The zero-order valence-electron chi connectivity index (χ0n) is 5.72. The van der Waals surface area contributed by atoms with E-state index in [2.05, 4.69) is 10.00 Å². The molecule has 0 saturated heterocycles. The number of hydrogen-bond acceptors (Lipinski definition) is 2. The first-order valence-electron chi connectivity index (χ1n) is 3.20. The number of rotatable bonds is 4. The number of carbonyl (C=O) groups is 1. The van der Waals surface area contributed by atoms with Gasteiger partial charge < -0.3 is 0 Å². The van der Waals surface area contributed by atoms with Crippen molar-refractivity contribution < 1.29 is 7.87 Å². The minimum atomic E-state index is -0.0362. The van der Waals surface area contributed by atoms with Gasteiger partial charge in [0.2, 0.25) is 0 Å². The van der Waals surface area contributed by atoms with Crippen molar-refractivity contribution in [2.24, 2.45) is 0 Å². The average molecular weight is 235 g/mol. The Morgan fingerprint density at radius 1 is 1.56 bits per heavy atom. The van der Waals surface area contributed by atoms with Crippen LogP contribution < -0.4 is 0 Å². The molecule has 0 aromatic rings. The van der Waals surface area contributed by atoms with Crippen LogP contribution in [0.5, 0.6) is 0 Å². The number of carbonyl (C=O) groups excluding carboxylic acids is 1. The summed E-state index contributed by atoms with van der Waals surface area (Å²) < 4.78 is 4.59. The molecule has 0 rings (SSSR count). The van der Waals surface area contributed by atoms with Crippen molar-refractivity contribution in [3.8, 4) is 0 Å². The van der Waals surface area contributed by atoms with E-state index in [0.29, 0.717) is 29.4 Å². The summed E-state index contributed by atoms with van der Waals surface area (Å²) in [5.41, 5.74) is 0. The van der Waals surface area contributed by atoms with Gasteiger partial charge in [0.25, 0.3) is 0 Å². The Hall–Kier alpha value is 0.269. The van der Waals surface area contributed by atoms with Gasteiger partial charge in [0, 0.05) is 0 Å². The molecule has 0 aliphatic carbocycles. The first-order chi connectivity index (χ1) is 4.31. The van der Waals surface area contributed by atoms with E-state index in [1.807, 2.05) is 0 Å². The van der Waals surface area contributed by atoms with Crippen molar-refractivity contribution in [2.75, 3.05) is 0 Å². The SMILES string of the molecule is CCCCCC(=O)[O][SnH]. The fourth-order valence-corrected chi connectivity index (χ4v) is 0.915. The molecule has 0 aromatic heterocycles. The van der Waals surface area contributed by atoms with Crippen LogP contribution in [0.2, 0.25) is 0 Å². The minimum absolute atomic E-state index is 0.0362. The third-order valence-electron chi connectivity index (χ3n) is 1.12. The van der Waals surface area contributed by atoms with E-state index in [0.717, 1.165) is 19.3 Å². The third kappa shape index (κ3) is 6.15. The molecular formula is C6H12O2Sn. The van der Waals surface area contributed by atoms with E-state index < -0.39 is 0 Å². The van der Waals surface area contributed by atoms with Crippen LogP contribution in [0, 0.1) is 0 Å². The van der Waals surface area contributed by atoms with Crippen molar-refractivity contribution >= 4 is 28.9 Å². The molecule has 0 fully saturated rings. The Balaban J connectivity index is 2.97. The normalized spacial score (nSPS) is 9.11. The Morgan fingerprint density at radius 3 is 2.67 bits per heavy atom. The summed E-state index contributed by atoms with van der Waals surface area (Å²) in [7, 11) is 0. The second kappa shape index (κ2) is 6.39. The van der Waals surface area contributed by atoms with Gasteiger partial charge in [-0.15, -0.1) is 0 Å². The van der Waals surface area contributed by atoms with Crippen LogP contribution in [-0.4, -0.2) is 28.9 Å². The molecule has 0 spiro atoms. The summed E-state index contributed by atoms with van der Waals surface area (Å²) in [4.78, 5) is 10.5. The molecule has 0 heterocycles. The molecule has 3 heteroatoms. The zero-order valence-corrected chi connectivity index (χ0v) is 9.02. The van der Waals surface area contributed by atoms with Gasteiger partial charge in [-0.05, 0) is 0 Å². The predicted molar refractivity (Wildman–Crippen MR) is 37.4 cm³/mol. The van der Waals surface area contributed by atoms with Gasteiger partial charge in [0.15, 0.2) is 0 Å². The molecular weight excluding hydrogens is 223 g/mol. The van der Waals surface area contributed by atoms with Gasteiger partial charge in [0.1, 0.15) is 0 Å². The topological polar surface area (TPSA) is 26.3 Å². The van der Waals surface area contributed by atoms with E-state index in [1.165, 1.54) is 0 Å². The van der Waals surface area contributed by atoms with Gasteiger partial charge in [0.05, 0.1) is 0 Å². The van der Waals surface area contributed by atoms with Crippen molar-refractivity contribution in [3.05, 3.63) is 0 Å². The van der Waals surface area contributed by atoms with Gasteiger partial charge in [-0.2, -0.15) is 0 Å². The Labute approximate surface area is 69.6 Å². The molecule has 0 aromatic carbocycles. The third-order valence-corrected chi connectivity index (χ3v) is 1.87. The van der Waals surface area contributed by atoms with Crippen LogP contribution >= 0.6 is 0 Å². The summed E-state index contributed by atoms with van der Waals surface area (Å²) in [5.74, 6) is -0.0362. The summed E-state index contributed by atoms with van der Waals surface area (Å²) in [5, 5.41) is 0. The van der Waals surface area contributed by atoms with Crippen LogP contribution in [0.1, 0.15) is 32.6 Å². The Morgan fingerprint density at radius 2 is 2.22 bits per heavy atom. The standard InChI is InChI=1S/C6H12O2.Sn.H/c1-2-3-4-5-6(7)8;;/h2-5H2,1H3,(H,7,8);;/q;+1;/p-1. The molecule has 0 atom stereocenters. The van der Waals surface area contributed by atoms with E-state index in [-0.39, 0.29) is 5.97 Å². The Bertz CT molecular complexity index is 83.1. The summed E-state index contributed by atoms with van der Waals surface area (Å²) in [6, 6.07) is 0. The molecule has 9 heavy (non-hydrogen) atoms. The summed E-state index contributed by atoms with van der Waals surface area (Å²) in [6.45, 7) is 2.12. The van der Waals surface area contributed by atoms with E-state index in [9.17, 15) is 4.79 Å². The van der Waals surface area contributed by atoms with Crippen LogP contribution in [0.25, 0.3) is 0 Å². The molecule has 2 radical (unpaired) electrons. The maximum atomic E-state index is 10.5. The van der Waals surface area contributed by atoms with Gasteiger partial charge in [-0.1, -0.05) is 0 Å². The molecule has 52 valence electrons. The zero-order chi connectivity index (χ0) is 7.11. The second-order valence-electron chi connectivity index (χ2n) is 1.95. The van der Waals surface area contributed by atoms with Crippen LogP contribution in [-0.2, 0) is 7.87 Å². The van der Waals surface area contributed by atoms with Crippen molar-refractivity contribution in [1.82, 2.24) is 0 Å². The number of hydrogen-bond donors (Lipinski definition) is 0. The molecule has 0 aliphatic heterocycles. The molecule has 0 amide bonds. The van der Waals surface area contributed by atoms with Gasteiger partial charge in [-0.25, -0.2) is 0 Å². The second-order valence-corrected chi connectivity index (χ2v) is 2.62. The van der Waals surface area contributed by atoms with Crippen molar-refractivity contribution in [3.63, 3.8) is 0 Å².